The van der Waals surface area contributed by atoms with E-state index in [1.165, 1.54) is 21.3 Å². The SMILES string of the molecule is CCS(=O)(=O)N1CCC(c2nn3cncc3c(=O)[nH]2)CC1. The lowest BCUT2D eigenvalue weighted by Gasteiger charge is -2.30. The van der Waals surface area contributed by atoms with Crippen molar-refractivity contribution in [1.82, 2.24) is 23.9 Å². The summed E-state index contributed by atoms with van der Waals surface area (Å²) in [7, 11) is -3.13. The summed E-state index contributed by atoms with van der Waals surface area (Å²) < 4.78 is 26.6. The molecule has 2 aromatic heterocycles. The van der Waals surface area contributed by atoms with Crippen LogP contribution >= 0.6 is 0 Å². The van der Waals surface area contributed by atoms with E-state index in [0.717, 1.165) is 0 Å². The summed E-state index contributed by atoms with van der Waals surface area (Å²) in [5, 5.41) is 4.36. The Kier molecular flexibility index (Phi) is 3.54. The number of fused-ring (bicyclic) bond motifs is 1. The standard InChI is InChI=1S/C12H17N5O3S/c1-2-21(19,20)16-5-3-9(4-6-16)11-14-12(18)10-7-13-8-17(10)15-11/h7-9H,2-6H2,1H3,(H,14,15,18). The van der Waals surface area contributed by atoms with Crippen molar-refractivity contribution in [2.24, 2.45) is 0 Å². The molecule has 0 radical (unpaired) electrons. The van der Waals surface area contributed by atoms with Crippen LogP contribution in [-0.4, -0.2) is 51.1 Å². The van der Waals surface area contributed by atoms with Crippen molar-refractivity contribution < 1.29 is 8.42 Å². The fourth-order valence-corrected chi connectivity index (χ4v) is 3.76. The van der Waals surface area contributed by atoms with Gasteiger partial charge in [-0.15, -0.1) is 0 Å². The van der Waals surface area contributed by atoms with Crippen molar-refractivity contribution in [2.75, 3.05) is 18.8 Å². The highest BCUT2D eigenvalue weighted by atomic mass is 32.2. The molecule has 0 aliphatic carbocycles. The molecule has 3 rings (SSSR count). The summed E-state index contributed by atoms with van der Waals surface area (Å²) in [6, 6.07) is 0. The van der Waals surface area contributed by atoms with Crippen molar-refractivity contribution in [1.29, 1.82) is 0 Å². The molecule has 0 aromatic carbocycles. The molecule has 1 aliphatic heterocycles. The first-order valence-electron chi connectivity index (χ1n) is 6.91. The Bertz CT molecular complexity index is 802. The maximum atomic E-state index is 11.9. The topological polar surface area (TPSA) is 100 Å². The quantitative estimate of drug-likeness (QED) is 0.856. The number of hydrogen-bond acceptors (Lipinski definition) is 5. The van der Waals surface area contributed by atoms with Gasteiger partial charge in [-0.05, 0) is 19.8 Å². The van der Waals surface area contributed by atoms with Gasteiger partial charge in [-0.2, -0.15) is 5.10 Å². The van der Waals surface area contributed by atoms with Gasteiger partial charge in [0.1, 0.15) is 17.7 Å². The third kappa shape index (κ3) is 2.58. The van der Waals surface area contributed by atoms with E-state index in [-0.39, 0.29) is 17.2 Å². The van der Waals surface area contributed by atoms with Crippen LogP contribution in [0.1, 0.15) is 31.5 Å². The largest absolute Gasteiger partial charge is 0.307 e. The van der Waals surface area contributed by atoms with Crippen LogP contribution in [0.2, 0.25) is 0 Å². The number of nitrogens with zero attached hydrogens (tertiary/aromatic N) is 4. The summed E-state index contributed by atoms with van der Waals surface area (Å²) in [4.78, 5) is 18.6. The fourth-order valence-electron chi connectivity index (χ4n) is 2.63. The number of H-pyrrole nitrogens is 1. The summed E-state index contributed by atoms with van der Waals surface area (Å²) >= 11 is 0. The molecule has 8 nitrogen and oxygen atoms in total. The number of piperidine rings is 1. The summed E-state index contributed by atoms with van der Waals surface area (Å²) in [6.07, 6.45) is 4.27. The van der Waals surface area contributed by atoms with Crippen LogP contribution < -0.4 is 5.56 Å². The zero-order valence-corrected chi connectivity index (χ0v) is 12.5. The van der Waals surface area contributed by atoms with Crippen LogP contribution in [0.15, 0.2) is 17.3 Å². The van der Waals surface area contributed by atoms with Gasteiger partial charge in [0.25, 0.3) is 5.56 Å². The number of aromatic nitrogens is 4. The van der Waals surface area contributed by atoms with E-state index >= 15 is 0 Å². The van der Waals surface area contributed by atoms with E-state index in [1.807, 2.05) is 0 Å². The predicted octanol–water partition coefficient (Wildman–Crippen LogP) is -0.0533. The number of nitrogens with one attached hydrogen (secondary N) is 1. The molecule has 2 aromatic rings. The number of sulfonamides is 1. The molecule has 0 amide bonds. The predicted molar refractivity (Wildman–Crippen MR) is 76.6 cm³/mol. The normalized spacial score (nSPS) is 18.3. The van der Waals surface area contributed by atoms with E-state index in [2.05, 4.69) is 15.1 Å². The minimum Gasteiger partial charge on any atom is -0.307 e. The van der Waals surface area contributed by atoms with E-state index < -0.39 is 10.0 Å². The van der Waals surface area contributed by atoms with Crippen LogP contribution in [-0.2, 0) is 10.0 Å². The Balaban J connectivity index is 1.81. The summed E-state index contributed by atoms with van der Waals surface area (Å²) in [6.45, 7) is 2.58. The van der Waals surface area contributed by atoms with E-state index in [9.17, 15) is 13.2 Å². The van der Waals surface area contributed by atoms with Gasteiger partial charge in [0.2, 0.25) is 10.0 Å². The van der Waals surface area contributed by atoms with Gasteiger partial charge in [-0.1, -0.05) is 0 Å². The van der Waals surface area contributed by atoms with Crippen molar-refractivity contribution in [2.45, 2.75) is 25.7 Å². The lowest BCUT2D eigenvalue weighted by molar-refractivity contribution is 0.312. The van der Waals surface area contributed by atoms with Gasteiger partial charge in [0.15, 0.2) is 0 Å². The number of hydrogen-bond donors (Lipinski definition) is 1. The Labute approximate surface area is 121 Å². The minimum atomic E-state index is -3.13. The third-order valence-corrected chi connectivity index (χ3v) is 5.79. The molecule has 0 spiro atoms. The highest BCUT2D eigenvalue weighted by Gasteiger charge is 2.28. The molecule has 0 saturated carbocycles. The van der Waals surface area contributed by atoms with E-state index in [0.29, 0.717) is 37.3 Å². The summed E-state index contributed by atoms with van der Waals surface area (Å²) in [5.74, 6) is 0.778. The van der Waals surface area contributed by atoms with Crippen LogP contribution in [0.5, 0.6) is 0 Å². The molecule has 3 heterocycles. The van der Waals surface area contributed by atoms with Gasteiger partial charge in [0.05, 0.1) is 11.9 Å². The minimum absolute atomic E-state index is 0.0628. The maximum absolute atomic E-state index is 11.9. The smallest absolute Gasteiger partial charge is 0.276 e. The Morgan fingerprint density at radius 2 is 2.10 bits per heavy atom. The fraction of sp³-hybridized carbons (Fsp3) is 0.583. The zero-order chi connectivity index (χ0) is 15.0. The molecule has 1 saturated heterocycles. The van der Waals surface area contributed by atoms with Gasteiger partial charge >= 0.3 is 0 Å². The molecule has 1 N–H and O–H groups in total. The van der Waals surface area contributed by atoms with Crippen molar-refractivity contribution in [3.63, 3.8) is 0 Å². The molecule has 21 heavy (non-hydrogen) atoms. The molecule has 0 bridgehead atoms. The van der Waals surface area contributed by atoms with Crippen molar-refractivity contribution >= 4 is 15.5 Å². The molecular weight excluding hydrogens is 294 g/mol. The molecule has 0 atom stereocenters. The highest BCUT2D eigenvalue weighted by Crippen LogP contribution is 2.26. The van der Waals surface area contributed by atoms with E-state index in [4.69, 9.17) is 0 Å². The van der Waals surface area contributed by atoms with Crippen molar-refractivity contribution in [3.8, 4) is 0 Å². The van der Waals surface area contributed by atoms with Crippen LogP contribution in [0.3, 0.4) is 0 Å². The highest BCUT2D eigenvalue weighted by molar-refractivity contribution is 7.89. The molecule has 114 valence electrons. The number of aromatic amines is 1. The maximum Gasteiger partial charge on any atom is 0.276 e. The Morgan fingerprint density at radius 1 is 1.38 bits per heavy atom. The number of rotatable bonds is 3. The first-order valence-corrected chi connectivity index (χ1v) is 8.52. The second kappa shape index (κ2) is 5.23. The number of imidazole rings is 1. The lowest BCUT2D eigenvalue weighted by atomic mass is 9.97. The van der Waals surface area contributed by atoms with Gasteiger partial charge in [-0.25, -0.2) is 22.2 Å². The van der Waals surface area contributed by atoms with Crippen LogP contribution in [0.25, 0.3) is 5.52 Å². The van der Waals surface area contributed by atoms with Gasteiger partial charge in [-0.3, -0.25) is 4.79 Å². The Hall–Kier alpha value is -1.74. The average Bonchev–Trinajstić information content (AvgIpc) is 2.96. The third-order valence-electron chi connectivity index (χ3n) is 3.91. The first-order chi connectivity index (χ1) is 10.0. The van der Waals surface area contributed by atoms with E-state index in [1.54, 1.807) is 6.92 Å². The summed E-state index contributed by atoms with van der Waals surface area (Å²) in [5.41, 5.74) is 0.186. The van der Waals surface area contributed by atoms with Crippen LogP contribution in [0.4, 0.5) is 0 Å². The molecular formula is C12H17N5O3S. The lowest BCUT2D eigenvalue weighted by Crippen LogP contribution is -2.39. The zero-order valence-electron chi connectivity index (χ0n) is 11.7. The second-order valence-corrected chi connectivity index (χ2v) is 7.39. The monoisotopic (exact) mass is 311 g/mol. The molecule has 1 aliphatic rings. The van der Waals surface area contributed by atoms with Crippen LogP contribution in [0, 0.1) is 0 Å². The first kappa shape index (κ1) is 14.2. The second-order valence-electron chi connectivity index (χ2n) is 5.14. The molecule has 0 unspecified atom stereocenters. The Morgan fingerprint density at radius 3 is 2.76 bits per heavy atom. The average molecular weight is 311 g/mol. The van der Waals surface area contributed by atoms with Crippen molar-refractivity contribution in [3.05, 3.63) is 28.7 Å². The van der Waals surface area contributed by atoms with Gasteiger partial charge in [0, 0.05) is 19.0 Å². The molecule has 1 fully saturated rings. The molecule has 9 heteroatoms. The van der Waals surface area contributed by atoms with Gasteiger partial charge < -0.3 is 4.98 Å².